The number of aryl methyl sites for hydroxylation is 1. The predicted molar refractivity (Wildman–Crippen MR) is 114 cm³/mol. The van der Waals surface area contributed by atoms with Crippen molar-refractivity contribution in [1.82, 2.24) is 5.32 Å². The van der Waals surface area contributed by atoms with Gasteiger partial charge >= 0.3 is 0 Å². The Morgan fingerprint density at radius 3 is 2.50 bits per heavy atom. The third-order valence-corrected chi connectivity index (χ3v) is 6.73. The molecule has 1 N–H and O–H groups in total. The van der Waals surface area contributed by atoms with E-state index >= 15 is 0 Å². The van der Waals surface area contributed by atoms with Gasteiger partial charge in [-0.15, -0.1) is 11.3 Å². The van der Waals surface area contributed by atoms with E-state index in [1.807, 2.05) is 43.5 Å². The smallest absolute Gasteiger partial charge is 0.173 e. The maximum atomic E-state index is 12.5. The normalized spacial score (nSPS) is 16.6. The van der Waals surface area contributed by atoms with E-state index in [4.69, 9.17) is 0 Å². The lowest BCUT2D eigenvalue weighted by Gasteiger charge is -2.29. The van der Waals surface area contributed by atoms with Gasteiger partial charge in [-0.25, -0.2) is 0 Å². The molecular weight excluding hydrogens is 388 g/mol. The van der Waals surface area contributed by atoms with E-state index in [0.717, 1.165) is 16.1 Å². The van der Waals surface area contributed by atoms with Gasteiger partial charge in [-0.3, -0.25) is 9.59 Å². The average molecular weight is 409 g/mol. The topological polar surface area (TPSA) is 70.0 Å². The quantitative estimate of drug-likeness (QED) is 0.684. The second kappa shape index (κ2) is 8.59. The molecule has 2 heterocycles. The number of thiophene rings is 1. The van der Waals surface area contributed by atoms with Crippen LogP contribution in [0, 0.1) is 18.3 Å². The standard InChI is InChI=1S/C22H20N2O2S2/c1-13-9-10-27-21(13)20-17(11-23)22(24-14(2)19(20)15(3)25)28-12-18(26)16-7-5-4-6-8-16/h4-10,20,24H,12H2,1-3H3/t20-/m0/s1. The molecular formula is C22H20N2O2S2. The van der Waals surface area contributed by atoms with Gasteiger partial charge in [0.1, 0.15) is 0 Å². The summed E-state index contributed by atoms with van der Waals surface area (Å²) in [5.74, 6) is -0.228. The molecule has 0 radical (unpaired) electrons. The molecule has 1 aliphatic heterocycles. The minimum absolute atomic E-state index is 0.0000384. The summed E-state index contributed by atoms with van der Waals surface area (Å²) in [5.41, 5.74) is 3.54. The van der Waals surface area contributed by atoms with Crippen molar-refractivity contribution in [3.05, 3.63) is 79.7 Å². The first-order chi connectivity index (χ1) is 13.4. The highest BCUT2D eigenvalue weighted by atomic mass is 32.2. The van der Waals surface area contributed by atoms with Crippen LogP contribution in [0.2, 0.25) is 0 Å². The van der Waals surface area contributed by atoms with Crippen molar-refractivity contribution in [2.45, 2.75) is 26.7 Å². The number of carbonyl (C=O) groups is 2. The molecule has 1 atom stereocenters. The van der Waals surface area contributed by atoms with E-state index in [0.29, 0.717) is 21.7 Å². The summed E-state index contributed by atoms with van der Waals surface area (Å²) in [5, 5.41) is 15.7. The number of hydrogen-bond donors (Lipinski definition) is 1. The van der Waals surface area contributed by atoms with Crippen LogP contribution in [0.4, 0.5) is 0 Å². The fourth-order valence-corrected chi connectivity index (χ4v) is 5.31. The summed E-state index contributed by atoms with van der Waals surface area (Å²) < 4.78 is 0. The van der Waals surface area contributed by atoms with E-state index in [1.54, 1.807) is 23.5 Å². The summed E-state index contributed by atoms with van der Waals surface area (Å²) in [4.78, 5) is 25.8. The molecule has 28 heavy (non-hydrogen) atoms. The number of nitriles is 1. The Bertz CT molecular complexity index is 1030. The van der Waals surface area contributed by atoms with Gasteiger partial charge in [0.2, 0.25) is 0 Å². The number of nitrogens with one attached hydrogen (secondary N) is 1. The van der Waals surface area contributed by atoms with Crippen LogP contribution in [0.5, 0.6) is 0 Å². The minimum Gasteiger partial charge on any atom is -0.353 e. The van der Waals surface area contributed by atoms with Crippen molar-refractivity contribution < 1.29 is 9.59 Å². The van der Waals surface area contributed by atoms with Gasteiger partial charge in [0.05, 0.1) is 28.3 Å². The monoisotopic (exact) mass is 408 g/mol. The first-order valence-corrected chi connectivity index (χ1v) is 10.7. The van der Waals surface area contributed by atoms with Gasteiger partial charge in [0.25, 0.3) is 0 Å². The molecule has 0 saturated carbocycles. The number of allylic oxidation sites excluding steroid dienone is 3. The molecule has 0 amide bonds. The highest BCUT2D eigenvalue weighted by molar-refractivity contribution is 8.03. The molecule has 2 aromatic rings. The first kappa shape index (κ1) is 20.1. The lowest BCUT2D eigenvalue weighted by molar-refractivity contribution is -0.113. The van der Waals surface area contributed by atoms with Crippen molar-refractivity contribution in [3.63, 3.8) is 0 Å². The summed E-state index contributed by atoms with van der Waals surface area (Å²) in [6.45, 7) is 5.37. The number of hydrogen-bond acceptors (Lipinski definition) is 6. The van der Waals surface area contributed by atoms with E-state index < -0.39 is 5.92 Å². The van der Waals surface area contributed by atoms with Gasteiger partial charge in [-0.05, 0) is 37.8 Å². The van der Waals surface area contributed by atoms with E-state index in [2.05, 4.69) is 11.4 Å². The largest absolute Gasteiger partial charge is 0.353 e. The summed E-state index contributed by atoms with van der Waals surface area (Å²) in [7, 11) is 0. The number of benzene rings is 1. The Morgan fingerprint density at radius 2 is 1.93 bits per heavy atom. The van der Waals surface area contributed by atoms with Crippen LogP contribution in [0.3, 0.4) is 0 Å². The molecule has 6 heteroatoms. The van der Waals surface area contributed by atoms with Crippen LogP contribution in [0.1, 0.15) is 40.6 Å². The summed E-state index contributed by atoms with van der Waals surface area (Å²) in [6.07, 6.45) is 0. The molecule has 3 rings (SSSR count). The molecule has 1 aromatic carbocycles. The number of rotatable bonds is 6. The van der Waals surface area contributed by atoms with Crippen LogP contribution in [0.15, 0.2) is 63.7 Å². The lowest BCUT2D eigenvalue weighted by atomic mass is 9.84. The second-order valence-electron chi connectivity index (χ2n) is 6.55. The van der Waals surface area contributed by atoms with E-state index in [-0.39, 0.29) is 17.3 Å². The molecule has 1 aromatic heterocycles. The predicted octanol–water partition coefficient (Wildman–Crippen LogP) is 4.96. The zero-order valence-electron chi connectivity index (χ0n) is 15.9. The van der Waals surface area contributed by atoms with Gasteiger partial charge in [0.15, 0.2) is 11.6 Å². The average Bonchev–Trinajstić information content (AvgIpc) is 3.11. The molecule has 0 bridgehead atoms. The number of carbonyl (C=O) groups excluding carboxylic acids is 2. The maximum Gasteiger partial charge on any atom is 0.173 e. The number of nitrogens with zero attached hydrogens (tertiary/aromatic N) is 1. The van der Waals surface area contributed by atoms with Crippen LogP contribution in [-0.4, -0.2) is 17.3 Å². The zero-order chi connectivity index (χ0) is 20.3. The third-order valence-electron chi connectivity index (χ3n) is 4.63. The molecule has 0 aliphatic carbocycles. The zero-order valence-corrected chi connectivity index (χ0v) is 17.5. The first-order valence-electron chi connectivity index (χ1n) is 8.82. The van der Waals surface area contributed by atoms with Gasteiger partial charge in [-0.2, -0.15) is 5.26 Å². The van der Waals surface area contributed by atoms with Crippen LogP contribution in [-0.2, 0) is 4.79 Å². The number of ketones is 2. The lowest BCUT2D eigenvalue weighted by Crippen LogP contribution is -2.27. The summed E-state index contributed by atoms with van der Waals surface area (Å²) >= 11 is 2.86. The van der Waals surface area contributed by atoms with E-state index in [9.17, 15) is 14.9 Å². The third kappa shape index (κ3) is 3.96. The highest BCUT2D eigenvalue weighted by Gasteiger charge is 2.34. The summed E-state index contributed by atoms with van der Waals surface area (Å²) in [6, 6.07) is 13.4. The molecule has 1 aliphatic rings. The van der Waals surface area contributed by atoms with Gasteiger partial charge in [-0.1, -0.05) is 42.1 Å². The fraction of sp³-hybridized carbons (Fsp3) is 0.227. The van der Waals surface area contributed by atoms with Gasteiger partial charge < -0.3 is 5.32 Å². The van der Waals surface area contributed by atoms with Gasteiger partial charge in [0, 0.05) is 21.7 Å². The number of thioether (sulfide) groups is 1. The number of dihydropyridines is 1. The molecule has 0 saturated heterocycles. The van der Waals surface area contributed by atoms with Crippen molar-refractivity contribution in [1.29, 1.82) is 5.26 Å². The molecule has 0 unspecified atom stereocenters. The Morgan fingerprint density at radius 1 is 1.21 bits per heavy atom. The molecule has 0 spiro atoms. The Kier molecular flexibility index (Phi) is 6.18. The van der Waals surface area contributed by atoms with Crippen molar-refractivity contribution in [2.24, 2.45) is 0 Å². The SMILES string of the molecule is CC(=O)C1=C(C)NC(SCC(=O)c2ccccc2)=C(C#N)[C@@H]1c1sccc1C. The van der Waals surface area contributed by atoms with Crippen molar-refractivity contribution >= 4 is 34.7 Å². The number of Topliss-reactive ketones (excluding diaryl/α,β-unsaturated/α-hetero) is 2. The van der Waals surface area contributed by atoms with Crippen LogP contribution >= 0.6 is 23.1 Å². The Labute approximate surface area is 173 Å². The fourth-order valence-electron chi connectivity index (χ4n) is 3.28. The Balaban J connectivity index is 1.96. The van der Waals surface area contributed by atoms with Crippen molar-refractivity contribution in [2.75, 3.05) is 5.75 Å². The van der Waals surface area contributed by atoms with Crippen LogP contribution < -0.4 is 5.32 Å². The highest BCUT2D eigenvalue weighted by Crippen LogP contribution is 2.43. The molecule has 142 valence electrons. The molecule has 0 fully saturated rings. The van der Waals surface area contributed by atoms with Crippen molar-refractivity contribution in [3.8, 4) is 6.07 Å². The second-order valence-corrected chi connectivity index (χ2v) is 8.49. The van der Waals surface area contributed by atoms with E-state index in [1.165, 1.54) is 18.7 Å². The molecule has 4 nitrogen and oxygen atoms in total. The van der Waals surface area contributed by atoms with Crippen LogP contribution in [0.25, 0.3) is 0 Å². The Hall–Kier alpha value is -2.62. The maximum absolute atomic E-state index is 12.5. The minimum atomic E-state index is -0.391.